The lowest BCUT2D eigenvalue weighted by Crippen LogP contribution is -2.38. The van der Waals surface area contributed by atoms with Gasteiger partial charge in [0.1, 0.15) is 16.5 Å². The second kappa shape index (κ2) is 7.87. The normalized spacial score (nSPS) is 13.8. The molecule has 1 atom stereocenters. The van der Waals surface area contributed by atoms with Gasteiger partial charge in [-0.25, -0.2) is 0 Å². The molecule has 0 saturated heterocycles. The third kappa shape index (κ3) is 3.89. The van der Waals surface area contributed by atoms with Crippen molar-refractivity contribution in [3.05, 3.63) is 91.4 Å². The first-order chi connectivity index (χ1) is 13.5. The summed E-state index contributed by atoms with van der Waals surface area (Å²) in [6, 6.07) is 11.7. The van der Waals surface area contributed by atoms with Crippen LogP contribution in [0.25, 0.3) is 0 Å². The smallest absolute Gasteiger partial charge is 0.283 e. The first-order valence-corrected chi connectivity index (χ1v) is 10.8. The number of aromatic hydroxyl groups is 2. The van der Waals surface area contributed by atoms with Crippen molar-refractivity contribution >= 4 is 56.5 Å². The van der Waals surface area contributed by atoms with Gasteiger partial charge in [-0.1, -0.05) is 58.5 Å². The lowest BCUT2D eigenvalue weighted by molar-refractivity contribution is 0.444. The molecule has 0 fully saturated rings. The molecule has 0 spiro atoms. The molecule has 10 heteroatoms. The minimum Gasteiger partial charge on any atom is -0.506 e. The molecule has 0 aliphatic carbocycles. The molecule has 0 amide bonds. The summed E-state index contributed by atoms with van der Waals surface area (Å²) in [5.74, 6) is -1.17. The maximum absolute atomic E-state index is 12.9. The van der Waals surface area contributed by atoms with Crippen molar-refractivity contribution in [3.63, 3.8) is 0 Å². The van der Waals surface area contributed by atoms with E-state index in [4.69, 9.17) is 46.4 Å². The van der Waals surface area contributed by atoms with E-state index < -0.39 is 26.4 Å². The molecule has 29 heavy (non-hydrogen) atoms. The number of hydrogen-bond donors (Lipinski definition) is 3. The Balaban J connectivity index is 2.56. The zero-order valence-electron chi connectivity index (χ0n) is 14.3. The average molecular weight is 494 g/mol. The predicted molar refractivity (Wildman–Crippen MR) is 114 cm³/mol. The summed E-state index contributed by atoms with van der Waals surface area (Å²) in [6.45, 7) is 0. The zero-order valence-corrected chi connectivity index (χ0v) is 18.1. The fourth-order valence-electron chi connectivity index (χ4n) is 3.19. The summed E-state index contributed by atoms with van der Waals surface area (Å²) in [5, 5.41) is 20.4. The Hall–Kier alpha value is -1.67. The number of phenols is 2. The van der Waals surface area contributed by atoms with E-state index in [1.807, 2.05) is 0 Å². The number of rotatable bonds is 4. The molecule has 3 rings (SSSR count). The van der Waals surface area contributed by atoms with Crippen molar-refractivity contribution in [3.8, 4) is 11.5 Å². The van der Waals surface area contributed by atoms with E-state index in [2.05, 4.69) is 0 Å². The molecular formula is C19H12Cl4O5S. The van der Waals surface area contributed by atoms with Crippen LogP contribution in [0, 0.1) is 0 Å². The Bertz CT molecular complexity index is 1150. The lowest BCUT2D eigenvalue weighted by atomic mass is 9.83. The molecule has 0 aliphatic rings. The van der Waals surface area contributed by atoms with Gasteiger partial charge in [0.25, 0.3) is 10.1 Å². The van der Waals surface area contributed by atoms with Crippen molar-refractivity contribution in [2.24, 2.45) is 0 Å². The Kier molecular flexibility index (Phi) is 5.98. The van der Waals surface area contributed by atoms with Crippen molar-refractivity contribution in [2.75, 3.05) is 0 Å². The van der Waals surface area contributed by atoms with Crippen LogP contribution in [0.4, 0.5) is 0 Å². The molecule has 0 heterocycles. The molecule has 0 aromatic heterocycles. The van der Waals surface area contributed by atoms with Crippen LogP contribution >= 0.6 is 46.4 Å². The summed E-state index contributed by atoms with van der Waals surface area (Å²) >= 11 is 23.9. The summed E-state index contributed by atoms with van der Waals surface area (Å²) in [4.78, 5) is 0. The van der Waals surface area contributed by atoms with Gasteiger partial charge in [0, 0.05) is 15.1 Å². The van der Waals surface area contributed by atoms with Crippen LogP contribution in [-0.4, -0.2) is 23.2 Å². The minimum atomic E-state index is -5.00. The third-order valence-electron chi connectivity index (χ3n) is 4.35. The summed E-state index contributed by atoms with van der Waals surface area (Å²) in [5.41, 5.74) is -0.162. The molecular weight excluding hydrogens is 482 g/mol. The average Bonchev–Trinajstić information content (AvgIpc) is 2.59. The Morgan fingerprint density at radius 1 is 0.655 bits per heavy atom. The quantitative estimate of drug-likeness (QED) is 0.311. The van der Waals surface area contributed by atoms with Gasteiger partial charge >= 0.3 is 0 Å². The second-order valence-electron chi connectivity index (χ2n) is 6.15. The summed E-state index contributed by atoms with van der Waals surface area (Å²) in [7, 11) is -5.00. The summed E-state index contributed by atoms with van der Waals surface area (Å²) < 4.78 is 34.0. The Morgan fingerprint density at radius 2 is 1.10 bits per heavy atom. The largest absolute Gasteiger partial charge is 0.506 e. The first kappa shape index (κ1) is 22.0. The van der Waals surface area contributed by atoms with E-state index in [1.165, 1.54) is 42.5 Å². The van der Waals surface area contributed by atoms with Gasteiger partial charge in [-0.3, -0.25) is 4.55 Å². The van der Waals surface area contributed by atoms with E-state index in [1.54, 1.807) is 0 Å². The van der Waals surface area contributed by atoms with Gasteiger partial charge in [0.05, 0.1) is 0 Å². The monoisotopic (exact) mass is 492 g/mol. The molecule has 3 N–H and O–H groups in total. The van der Waals surface area contributed by atoms with Crippen LogP contribution in [-0.2, 0) is 14.9 Å². The van der Waals surface area contributed by atoms with E-state index >= 15 is 0 Å². The SMILES string of the molecule is O=S(=O)(O)C(c1ccc(Cl)cc1)(c1cc(Cl)cc(Cl)c1)c1cc(O)c(Cl)c(O)c1. The highest BCUT2D eigenvalue weighted by molar-refractivity contribution is 7.87. The number of hydrogen-bond acceptors (Lipinski definition) is 4. The van der Waals surface area contributed by atoms with Crippen molar-refractivity contribution < 1.29 is 23.2 Å². The lowest BCUT2D eigenvalue weighted by Gasteiger charge is -2.33. The fraction of sp³-hybridized carbons (Fsp3) is 0.0526. The van der Waals surface area contributed by atoms with Crippen molar-refractivity contribution in [1.29, 1.82) is 0 Å². The zero-order chi connectivity index (χ0) is 21.6. The molecule has 0 saturated carbocycles. The van der Waals surface area contributed by atoms with Crippen LogP contribution < -0.4 is 0 Å². The van der Waals surface area contributed by atoms with E-state index in [9.17, 15) is 23.2 Å². The van der Waals surface area contributed by atoms with Crippen LogP contribution in [0.15, 0.2) is 54.6 Å². The highest BCUT2D eigenvalue weighted by Crippen LogP contribution is 2.48. The molecule has 3 aromatic carbocycles. The van der Waals surface area contributed by atoms with Crippen LogP contribution in [0.2, 0.25) is 20.1 Å². The minimum absolute atomic E-state index is 0.0269. The van der Waals surface area contributed by atoms with E-state index in [-0.39, 0.29) is 31.8 Å². The maximum Gasteiger partial charge on any atom is 0.283 e. The topological polar surface area (TPSA) is 94.8 Å². The highest BCUT2D eigenvalue weighted by Gasteiger charge is 2.49. The molecule has 0 aliphatic heterocycles. The Morgan fingerprint density at radius 3 is 1.55 bits per heavy atom. The van der Waals surface area contributed by atoms with Gasteiger partial charge < -0.3 is 10.2 Å². The molecule has 1 unspecified atom stereocenters. The fourth-order valence-corrected chi connectivity index (χ4v) is 5.21. The molecule has 0 bridgehead atoms. The molecule has 3 aromatic rings. The molecule has 0 radical (unpaired) electrons. The highest BCUT2D eigenvalue weighted by atomic mass is 35.5. The van der Waals surface area contributed by atoms with Gasteiger partial charge in [-0.2, -0.15) is 8.42 Å². The predicted octanol–water partition coefficient (Wildman–Crippen LogP) is 5.89. The molecule has 152 valence electrons. The number of phenolic OH excluding ortho intramolecular Hbond substituents is 2. The number of halogens is 4. The number of benzene rings is 3. The maximum atomic E-state index is 12.9. The first-order valence-electron chi connectivity index (χ1n) is 7.88. The van der Waals surface area contributed by atoms with E-state index in [0.29, 0.717) is 5.02 Å². The van der Waals surface area contributed by atoms with Crippen LogP contribution in [0.1, 0.15) is 16.7 Å². The van der Waals surface area contributed by atoms with Crippen molar-refractivity contribution in [2.45, 2.75) is 4.75 Å². The Labute approximate surface area is 186 Å². The second-order valence-corrected chi connectivity index (χ2v) is 9.40. The van der Waals surface area contributed by atoms with Crippen LogP contribution in [0.5, 0.6) is 11.5 Å². The third-order valence-corrected chi connectivity index (χ3v) is 6.90. The van der Waals surface area contributed by atoms with Gasteiger partial charge in [0.15, 0.2) is 4.75 Å². The van der Waals surface area contributed by atoms with E-state index in [0.717, 1.165) is 12.1 Å². The van der Waals surface area contributed by atoms with Gasteiger partial charge in [-0.05, 0) is 59.2 Å². The summed E-state index contributed by atoms with van der Waals surface area (Å²) in [6.07, 6.45) is 0. The van der Waals surface area contributed by atoms with Crippen molar-refractivity contribution in [1.82, 2.24) is 0 Å². The standard InChI is InChI=1S/C19H12Cl4O5S/c20-13-3-1-10(2-4-13)19(29(26,27)28,11-5-14(21)9-15(22)6-11)12-7-16(24)18(23)17(25)8-12/h1-9,24-25H,(H,26,27,28). The van der Waals surface area contributed by atoms with Gasteiger partial charge in [0.2, 0.25) is 0 Å². The van der Waals surface area contributed by atoms with Gasteiger partial charge in [-0.15, -0.1) is 0 Å². The molecule has 5 nitrogen and oxygen atoms in total. The van der Waals surface area contributed by atoms with Crippen LogP contribution in [0.3, 0.4) is 0 Å².